The molecule has 0 bridgehead atoms. The van der Waals surface area contributed by atoms with E-state index in [9.17, 15) is 22.8 Å². The monoisotopic (exact) mass is 404 g/mol. The molecule has 0 unspecified atom stereocenters. The highest BCUT2D eigenvalue weighted by molar-refractivity contribution is 9.10. The zero-order valence-electron chi connectivity index (χ0n) is 12.9. The van der Waals surface area contributed by atoms with E-state index in [1.54, 1.807) is 12.1 Å². The fourth-order valence-electron chi connectivity index (χ4n) is 2.49. The summed E-state index contributed by atoms with van der Waals surface area (Å²) in [4.78, 5) is 24.8. The van der Waals surface area contributed by atoms with Crippen LogP contribution in [0, 0.1) is 6.92 Å². The highest BCUT2D eigenvalue weighted by Gasteiger charge is 2.37. The molecule has 2 rings (SSSR count). The first-order chi connectivity index (χ1) is 11.2. The fraction of sp³-hybridized carbons (Fsp3) is 0.375. The van der Waals surface area contributed by atoms with Gasteiger partial charge < -0.3 is 10.2 Å². The zero-order valence-corrected chi connectivity index (χ0v) is 14.4. The van der Waals surface area contributed by atoms with Gasteiger partial charge in [-0.3, -0.25) is 9.59 Å². The third kappa shape index (κ3) is 4.59. The maximum absolute atomic E-state index is 12.4. The highest BCUT2D eigenvalue weighted by Crippen LogP contribution is 2.24. The molecule has 1 aliphatic heterocycles. The van der Waals surface area contributed by atoms with Crippen molar-refractivity contribution in [2.75, 3.05) is 11.9 Å². The van der Waals surface area contributed by atoms with Gasteiger partial charge in [0.2, 0.25) is 5.91 Å². The Bertz CT molecular complexity index is 674. The molecule has 24 heavy (non-hydrogen) atoms. The van der Waals surface area contributed by atoms with Gasteiger partial charge in [0.15, 0.2) is 0 Å². The van der Waals surface area contributed by atoms with Crippen LogP contribution >= 0.6 is 15.9 Å². The molecule has 0 aromatic heterocycles. The van der Waals surface area contributed by atoms with Gasteiger partial charge in [0.25, 0.3) is 5.78 Å². The van der Waals surface area contributed by atoms with Gasteiger partial charge in [0.05, 0.1) is 0 Å². The van der Waals surface area contributed by atoms with Gasteiger partial charge in [-0.2, -0.15) is 13.2 Å². The van der Waals surface area contributed by atoms with E-state index in [1.807, 2.05) is 13.0 Å². The van der Waals surface area contributed by atoms with Crippen molar-refractivity contribution in [1.82, 2.24) is 4.90 Å². The first-order valence-corrected chi connectivity index (χ1v) is 8.10. The van der Waals surface area contributed by atoms with Crippen molar-refractivity contribution in [2.45, 2.75) is 32.0 Å². The number of nitrogens with one attached hydrogen (secondary N) is 1. The van der Waals surface area contributed by atoms with Crippen LogP contribution in [0.1, 0.15) is 18.4 Å². The fourth-order valence-corrected chi connectivity index (χ4v) is 2.97. The largest absolute Gasteiger partial charge is 0.454 e. The average Bonchev–Trinajstić information content (AvgIpc) is 2.95. The summed E-state index contributed by atoms with van der Waals surface area (Å²) in [7, 11) is 0. The number of aryl methyl sites for hydroxylation is 1. The predicted molar refractivity (Wildman–Crippen MR) is 87.4 cm³/mol. The molecule has 4 nitrogen and oxygen atoms in total. The lowest BCUT2D eigenvalue weighted by Crippen LogP contribution is -2.37. The molecule has 8 heteroatoms. The second-order valence-electron chi connectivity index (χ2n) is 5.52. The average molecular weight is 405 g/mol. The number of carbonyl (C=O) groups excluding carboxylic acids is 2. The van der Waals surface area contributed by atoms with Crippen LogP contribution < -0.4 is 5.32 Å². The summed E-state index contributed by atoms with van der Waals surface area (Å²) < 4.78 is 37.6. The van der Waals surface area contributed by atoms with E-state index < -0.39 is 18.0 Å². The number of benzene rings is 1. The van der Waals surface area contributed by atoms with Crippen molar-refractivity contribution < 1.29 is 22.8 Å². The van der Waals surface area contributed by atoms with Crippen LogP contribution in [0.25, 0.3) is 0 Å². The lowest BCUT2D eigenvalue weighted by Gasteiger charge is -2.22. The Morgan fingerprint density at radius 2 is 2.08 bits per heavy atom. The number of alkyl halides is 3. The van der Waals surface area contributed by atoms with Crippen LogP contribution in [-0.4, -0.2) is 35.4 Å². The Balaban J connectivity index is 2.05. The highest BCUT2D eigenvalue weighted by atomic mass is 79.9. The number of hydrogen-bond donors (Lipinski definition) is 1. The van der Waals surface area contributed by atoms with Crippen molar-refractivity contribution in [2.24, 2.45) is 0 Å². The molecule has 0 spiro atoms. The Kier molecular flexibility index (Phi) is 5.69. The Labute approximate surface area is 145 Å². The number of ketones is 1. The Morgan fingerprint density at radius 3 is 2.71 bits per heavy atom. The van der Waals surface area contributed by atoms with E-state index >= 15 is 0 Å². The van der Waals surface area contributed by atoms with Gasteiger partial charge in [-0.15, -0.1) is 0 Å². The predicted octanol–water partition coefficient (Wildman–Crippen LogP) is 3.81. The van der Waals surface area contributed by atoms with Crippen molar-refractivity contribution in [3.05, 3.63) is 40.5 Å². The van der Waals surface area contributed by atoms with Crippen LogP contribution in [0.2, 0.25) is 0 Å². The molecule has 1 saturated heterocycles. The number of amides is 1. The van der Waals surface area contributed by atoms with Gasteiger partial charge >= 0.3 is 6.18 Å². The van der Waals surface area contributed by atoms with Crippen LogP contribution in [0.5, 0.6) is 0 Å². The summed E-state index contributed by atoms with van der Waals surface area (Å²) in [5.74, 6) is -2.24. The molecule has 0 radical (unpaired) electrons. The number of anilines is 1. The second kappa shape index (κ2) is 7.38. The molecular formula is C16H16BrF3N2O2. The number of carbonyl (C=O) groups is 2. The minimum Gasteiger partial charge on any atom is -0.365 e. The first kappa shape index (κ1) is 18.5. The normalized spacial score (nSPS) is 18.2. The summed E-state index contributed by atoms with van der Waals surface area (Å²) in [5, 5.41) is 2.78. The van der Waals surface area contributed by atoms with Crippen LogP contribution in [0.15, 0.2) is 34.9 Å². The Morgan fingerprint density at radius 1 is 1.38 bits per heavy atom. The molecule has 1 heterocycles. The lowest BCUT2D eigenvalue weighted by molar-refractivity contribution is -0.165. The molecule has 1 aromatic carbocycles. The summed E-state index contributed by atoms with van der Waals surface area (Å²) in [6.07, 6.45) is -2.19. The maximum atomic E-state index is 12.4. The molecule has 0 aliphatic carbocycles. The summed E-state index contributed by atoms with van der Waals surface area (Å²) in [6, 6.07) is 4.80. The third-order valence-electron chi connectivity index (χ3n) is 3.74. The van der Waals surface area contributed by atoms with Crippen LogP contribution in [0.3, 0.4) is 0 Å². The summed E-state index contributed by atoms with van der Waals surface area (Å²) in [5.41, 5.74) is 1.51. The topological polar surface area (TPSA) is 49.4 Å². The molecule has 0 saturated carbocycles. The molecule has 1 aliphatic rings. The minimum atomic E-state index is -4.90. The molecule has 1 atom stereocenters. The van der Waals surface area contributed by atoms with Gasteiger partial charge in [-0.05, 0) is 43.5 Å². The standard InChI is InChI=1S/C16H16BrF3N2O2/c1-10-9-11(17)4-5-12(10)21-15(24)13-3-2-7-22(13)8-6-14(23)16(18,19)20/h4-6,8-9,13H,2-3,7H2,1H3,(H,21,24)/b8-6+/t13-/m1/s1. The molecular weight excluding hydrogens is 389 g/mol. The van der Waals surface area contributed by atoms with E-state index in [1.165, 1.54) is 4.90 Å². The smallest absolute Gasteiger partial charge is 0.365 e. The quantitative estimate of drug-likeness (QED) is 0.776. The van der Waals surface area contributed by atoms with Crippen LogP contribution in [0.4, 0.5) is 18.9 Å². The van der Waals surface area contributed by atoms with Crippen molar-refractivity contribution in [3.8, 4) is 0 Å². The Hall–Kier alpha value is -1.83. The van der Waals surface area contributed by atoms with Crippen molar-refractivity contribution in [3.63, 3.8) is 0 Å². The number of allylic oxidation sites excluding steroid dienone is 1. The van der Waals surface area contributed by atoms with E-state index in [-0.39, 0.29) is 5.91 Å². The van der Waals surface area contributed by atoms with E-state index in [0.717, 1.165) is 16.2 Å². The number of likely N-dealkylation sites (tertiary alicyclic amines) is 1. The number of rotatable bonds is 4. The number of hydrogen-bond acceptors (Lipinski definition) is 3. The molecule has 1 fully saturated rings. The number of halogens is 4. The SMILES string of the molecule is Cc1cc(Br)ccc1NC(=O)[C@H]1CCCN1/C=C/C(=O)C(F)(F)F. The first-order valence-electron chi connectivity index (χ1n) is 7.30. The third-order valence-corrected chi connectivity index (χ3v) is 4.23. The van der Waals surface area contributed by atoms with Crippen molar-refractivity contribution >= 4 is 33.3 Å². The van der Waals surface area contributed by atoms with Crippen LogP contribution in [-0.2, 0) is 9.59 Å². The molecule has 1 aromatic rings. The van der Waals surface area contributed by atoms with Gasteiger partial charge in [0.1, 0.15) is 6.04 Å². The van der Waals surface area contributed by atoms with Crippen molar-refractivity contribution in [1.29, 1.82) is 0 Å². The molecule has 130 valence electrons. The van der Waals surface area contributed by atoms with Gasteiger partial charge in [-0.1, -0.05) is 15.9 Å². The number of nitrogens with zero attached hydrogens (tertiary/aromatic N) is 1. The van der Waals surface area contributed by atoms with E-state index in [4.69, 9.17) is 0 Å². The van der Waals surface area contributed by atoms with Gasteiger partial charge in [-0.25, -0.2) is 0 Å². The lowest BCUT2D eigenvalue weighted by atomic mass is 10.1. The minimum absolute atomic E-state index is 0.304. The molecule has 1 amide bonds. The maximum Gasteiger partial charge on any atom is 0.454 e. The van der Waals surface area contributed by atoms with Gasteiger partial charge in [0, 0.05) is 29.0 Å². The van der Waals surface area contributed by atoms with E-state index in [0.29, 0.717) is 31.1 Å². The molecule has 1 N–H and O–H groups in total. The summed E-state index contributed by atoms with van der Waals surface area (Å²) in [6.45, 7) is 2.27. The zero-order chi connectivity index (χ0) is 17.9. The van der Waals surface area contributed by atoms with E-state index in [2.05, 4.69) is 21.2 Å². The second-order valence-corrected chi connectivity index (χ2v) is 6.44. The summed E-state index contributed by atoms with van der Waals surface area (Å²) >= 11 is 3.33.